The Kier molecular flexibility index (Phi) is 4.25. The zero-order valence-electron chi connectivity index (χ0n) is 13.4. The fourth-order valence-electron chi connectivity index (χ4n) is 3.36. The summed E-state index contributed by atoms with van der Waals surface area (Å²) in [4.78, 5) is 23.0. The van der Waals surface area contributed by atoms with Gasteiger partial charge in [0.25, 0.3) is 0 Å². The maximum absolute atomic E-state index is 12.4. The van der Waals surface area contributed by atoms with E-state index in [4.69, 9.17) is 9.47 Å². The van der Waals surface area contributed by atoms with Crippen LogP contribution in [0.3, 0.4) is 0 Å². The van der Waals surface area contributed by atoms with Crippen LogP contribution in [0.4, 0.5) is 5.95 Å². The van der Waals surface area contributed by atoms with E-state index in [0.29, 0.717) is 50.2 Å². The Hall–Kier alpha value is -2.09. The van der Waals surface area contributed by atoms with Crippen LogP contribution in [0.5, 0.6) is 11.8 Å². The third-order valence-electron chi connectivity index (χ3n) is 4.69. The highest BCUT2D eigenvalue weighted by Gasteiger charge is 2.50. The van der Waals surface area contributed by atoms with E-state index in [1.807, 2.05) is 4.90 Å². The summed E-state index contributed by atoms with van der Waals surface area (Å²) in [6.45, 7) is 1.62. The number of carbonyl (C=O) groups excluding carboxylic acids is 1. The molecule has 1 aromatic heterocycles. The number of piperidine rings is 2. The van der Waals surface area contributed by atoms with Crippen LogP contribution in [-0.4, -0.2) is 60.9 Å². The van der Waals surface area contributed by atoms with E-state index in [-0.39, 0.29) is 5.91 Å². The Labute approximate surface area is 134 Å². The van der Waals surface area contributed by atoms with Gasteiger partial charge in [-0.1, -0.05) is 0 Å². The molecule has 0 saturated carbocycles. The molecule has 3 rings (SSSR count). The van der Waals surface area contributed by atoms with Gasteiger partial charge in [-0.2, -0.15) is 9.97 Å². The lowest BCUT2D eigenvalue weighted by Gasteiger charge is -2.46. The molecule has 2 fully saturated rings. The normalized spacial score (nSPS) is 27.7. The number of aliphatic hydroxyl groups excluding tert-OH is 1. The van der Waals surface area contributed by atoms with E-state index < -0.39 is 11.5 Å². The monoisotopic (exact) mass is 322 g/mol. The lowest BCUT2D eigenvalue weighted by Crippen LogP contribution is -2.61. The lowest BCUT2D eigenvalue weighted by atomic mass is 9.71. The topological polar surface area (TPSA) is 96.8 Å². The number of aliphatic hydroxyl groups is 1. The van der Waals surface area contributed by atoms with Crippen LogP contribution in [0.15, 0.2) is 6.07 Å². The third kappa shape index (κ3) is 2.78. The van der Waals surface area contributed by atoms with Gasteiger partial charge in [0.1, 0.15) is 0 Å². The molecule has 126 valence electrons. The number of methoxy groups -OCH3 is 2. The standard InChI is InChI=1S/C15H22N4O4/c1-22-11-8-12(23-2)18-14(17-11)19-7-4-10(20)15(9-19)5-3-6-16-13(15)21/h8,10,20H,3-7,9H2,1-2H3,(H,16,21)/t10-,15+/m0/s1. The number of carbonyl (C=O) groups is 1. The number of anilines is 1. The number of aromatic nitrogens is 2. The van der Waals surface area contributed by atoms with Crippen molar-refractivity contribution in [2.24, 2.45) is 5.41 Å². The van der Waals surface area contributed by atoms with Crippen LogP contribution in [0.1, 0.15) is 19.3 Å². The maximum Gasteiger partial charge on any atom is 0.232 e. The highest BCUT2D eigenvalue weighted by atomic mass is 16.5. The first-order valence-electron chi connectivity index (χ1n) is 7.77. The van der Waals surface area contributed by atoms with Crippen molar-refractivity contribution in [2.45, 2.75) is 25.4 Å². The highest BCUT2D eigenvalue weighted by molar-refractivity contribution is 5.85. The van der Waals surface area contributed by atoms with Gasteiger partial charge in [0.05, 0.1) is 31.8 Å². The molecule has 2 aliphatic heterocycles. The fraction of sp³-hybridized carbons (Fsp3) is 0.667. The molecule has 2 N–H and O–H groups in total. The van der Waals surface area contributed by atoms with Crippen molar-refractivity contribution in [3.05, 3.63) is 6.07 Å². The molecule has 2 atom stereocenters. The predicted octanol–water partition coefficient (Wildman–Crippen LogP) is -0.0388. The van der Waals surface area contributed by atoms with Crippen LogP contribution in [0, 0.1) is 5.41 Å². The van der Waals surface area contributed by atoms with Crippen LogP contribution in [0.2, 0.25) is 0 Å². The SMILES string of the molecule is COc1cc(OC)nc(N2CC[C@H](O)[C@@]3(CCCNC3=O)C2)n1. The summed E-state index contributed by atoms with van der Waals surface area (Å²) in [5, 5.41) is 13.3. The molecule has 0 unspecified atom stereocenters. The lowest BCUT2D eigenvalue weighted by molar-refractivity contribution is -0.142. The molecule has 0 radical (unpaired) electrons. The Balaban J connectivity index is 1.90. The minimum absolute atomic E-state index is 0.0872. The second-order valence-corrected chi connectivity index (χ2v) is 5.99. The molecular formula is C15H22N4O4. The fourth-order valence-corrected chi connectivity index (χ4v) is 3.36. The summed E-state index contributed by atoms with van der Waals surface area (Å²) in [6, 6.07) is 1.60. The molecule has 0 aliphatic carbocycles. The van der Waals surface area contributed by atoms with Crippen LogP contribution >= 0.6 is 0 Å². The Bertz CT molecular complexity index is 575. The second-order valence-electron chi connectivity index (χ2n) is 5.99. The van der Waals surface area contributed by atoms with Crippen molar-refractivity contribution in [1.29, 1.82) is 0 Å². The first-order valence-corrected chi connectivity index (χ1v) is 7.77. The average Bonchev–Trinajstić information content (AvgIpc) is 2.59. The molecule has 1 amide bonds. The molecular weight excluding hydrogens is 300 g/mol. The van der Waals surface area contributed by atoms with Gasteiger partial charge >= 0.3 is 0 Å². The smallest absolute Gasteiger partial charge is 0.232 e. The summed E-state index contributed by atoms with van der Waals surface area (Å²) in [5.41, 5.74) is -0.795. The zero-order valence-corrected chi connectivity index (χ0v) is 13.4. The molecule has 23 heavy (non-hydrogen) atoms. The molecule has 0 aromatic carbocycles. The van der Waals surface area contributed by atoms with Gasteiger partial charge in [-0.05, 0) is 19.3 Å². The van der Waals surface area contributed by atoms with Crippen LogP contribution in [0.25, 0.3) is 0 Å². The van der Waals surface area contributed by atoms with E-state index in [1.54, 1.807) is 6.07 Å². The number of nitrogens with one attached hydrogen (secondary N) is 1. The quantitative estimate of drug-likeness (QED) is 0.806. The van der Waals surface area contributed by atoms with Gasteiger partial charge in [0, 0.05) is 19.6 Å². The number of hydrogen-bond acceptors (Lipinski definition) is 7. The molecule has 2 aliphatic rings. The summed E-state index contributed by atoms with van der Waals surface area (Å²) < 4.78 is 10.4. The van der Waals surface area contributed by atoms with E-state index in [2.05, 4.69) is 15.3 Å². The van der Waals surface area contributed by atoms with Crippen molar-refractivity contribution in [1.82, 2.24) is 15.3 Å². The van der Waals surface area contributed by atoms with E-state index in [9.17, 15) is 9.90 Å². The first kappa shape index (κ1) is 15.8. The number of rotatable bonds is 3. The summed E-state index contributed by atoms with van der Waals surface area (Å²) in [6.07, 6.45) is 1.37. The van der Waals surface area contributed by atoms with Crippen molar-refractivity contribution in [3.63, 3.8) is 0 Å². The molecule has 3 heterocycles. The maximum atomic E-state index is 12.4. The number of amides is 1. The Morgan fingerprint density at radius 3 is 2.65 bits per heavy atom. The van der Waals surface area contributed by atoms with Gasteiger partial charge in [0.2, 0.25) is 23.6 Å². The predicted molar refractivity (Wildman–Crippen MR) is 82.6 cm³/mol. The van der Waals surface area contributed by atoms with Gasteiger partial charge in [-0.3, -0.25) is 4.79 Å². The van der Waals surface area contributed by atoms with E-state index in [1.165, 1.54) is 14.2 Å². The molecule has 1 aromatic rings. The number of nitrogens with zero attached hydrogens (tertiary/aromatic N) is 3. The van der Waals surface area contributed by atoms with Gasteiger partial charge in [0.15, 0.2) is 0 Å². The second kappa shape index (κ2) is 6.19. The average molecular weight is 322 g/mol. The molecule has 8 nitrogen and oxygen atoms in total. The molecule has 1 spiro atoms. The zero-order chi connectivity index (χ0) is 16.4. The molecule has 2 saturated heterocycles. The van der Waals surface area contributed by atoms with Gasteiger partial charge in [-0.25, -0.2) is 0 Å². The number of hydrogen-bond donors (Lipinski definition) is 2. The summed E-state index contributed by atoms with van der Waals surface area (Å²) in [5.74, 6) is 1.17. The molecule has 8 heteroatoms. The van der Waals surface area contributed by atoms with E-state index in [0.717, 1.165) is 6.42 Å². The Morgan fingerprint density at radius 1 is 1.35 bits per heavy atom. The molecule has 0 bridgehead atoms. The van der Waals surface area contributed by atoms with Crippen LogP contribution < -0.4 is 19.7 Å². The number of ether oxygens (including phenoxy) is 2. The van der Waals surface area contributed by atoms with Crippen molar-refractivity contribution in [3.8, 4) is 11.8 Å². The minimum atomic E-state index is -0.795. The van der Waals surface area contributed by atoms with Crippen molar-refractivity contribution < 1.29 is 19.4 Å². The largest absolute Gasteiger partial charge is 0.481 e. The summed E-state index contributed by atoms with van der Waals surface area (Å²) in [7, 11) is 3.06. The minimum Gasteiger partial charge on any atom is -0.481 e. The van der Waals surface area contributed by atoms with E-state index >= 15 is 0 Å². The Morgan fingerprint density at radius 2 is 2.04 bits per heavy atom. The van der Waals surface area contributed by atoms with Crippen molar-refractivity contribution in [2.75, 3.05) is 38.8 Å². The third-order valence-corrected chi connectivity index (χ3v) is 4.69. The van der Waals surface area contributed by atoms with Crippen molar-refractivity contribution >= 4 is 11.9 Å². The first-order chi connectivity index (χ1) is 11.1. The van der Waals surface area contributed by atoms with Gasteiger partial charge < -0.3 is 24.8 Å². The van der Waals surface area contributed by atoms with Gasteiger partial charge in [-0.15, -0.1) is 0 Å². The van der Waals surface area contributed by atoms with Crippen LogP contribution in [-0.2, 0) is 4.79 Å². The summed E-state index contributed by atoms with van der Waals surface area (Å²) >= 11 is 0. The highest BCUT2D eigenvalue weighted by Crippen LogP contribution is 2.38.